The quantitative estimate of drug-likeness (QED) is 0.424. The van der Waals surface area contributed by atoms with Crippen molar-refractivity contribution in [1.29, 1.82) is 0 Å². The monoisotopic (exact) mass is 411 g/mol. The van der Waals surface area contributed by atoms with Gasteiger partial charge in [-0.3, -0.25) is 0 Å². The van der Waals surface area contributed by atoms with E-state index in [1.807, 2.05) is 45.0 Å². The summed E-state index contributed by atoms with van der Waals surface area (Å²) in [4.78, 5) is 9.78. The van der Waals surface area contributed by atoms with E-state index in [2.05, 4.69) is 9.97 Å². The van der Waals surface area contributed by atoms with Crippen LogP contribution in [0, 0.1) is 0 Å². The van der Waals surface area contributed by atoms with E-state index in [9.17, 15) is 13.2 Å². The Hall–Kier alpha value is -2.51. The second-order valence-corrected chi connectivity index (χ2v) is 6.53. The number of aromatic nitrogens is 2. The summed E-state index contributed by atoms with van der Waals surface area (Å²) in [6.07, 6.45) is -0.376. The van der Waals surface area contributed by atoms with Crippen LogP contribution in [-0.4, -0.2) is 29.7 Å². The topological polar surface area (TPSA) is 47.5 Å². The molecule has 1 aromatic heterocycles. The van der Waals surface area contributed by atoms with Crippen molar-refractivity contribution in [2.24, 2.45) is 0 Å². The van der Waals surface area contributed by atoms with Crippen molar-refractivity contribution in [1.82, 2.24) is 9.97 Å². The molecule has 0 saturated heterocycles. The molecule has 1 heterocycles. The number of nitrogens with zero attached hydrogens (tertiary/aromatic N) is 3. The van der Waals surface area contributed by atoms with Gasteiger partial charge in [-0.2, -0.15) is 18.2 Å². The number of halogens is 3. The number of benzene rings is 1. The Bertz CT molecular complexity index is 752. The molecule has 0 aliphatic rings. The smallest absolute Gasteiger partial charge is 0.423 e. The van der Waals surface area contributed by atoms with Gasteiger partial charge in [0.1, 0.15) is 11.3 Å². The first kappa shape index (κ1) is 22.8. The largest absolute Gasteiger partial charge is 0.494 e. The summed E-state index contributed by atoms with van der Waals surface area (Å²) in [6.45, 7) is 7.21. The van der Waals surface area contributed by atoms with Crippen LogP contribution in [0.5, 0.6) is 11.6 Å². The first-order valence-corrected chi connectivity index (χ1v) is 9.98. The van der Waals surface area contributed by atoms with Crippen LogP contribution in [0.25, 0.3) is 0 Å². The molecule has 0 radical (unpaired) electrons. The first-order valence-electron chi connectivity index (χ1n) is 9.98. The van der Waals surface area contributed by atoms with Gasteiger partial charge < -0.3 is 14.4 Å². The van der Waals surface area contributed by atoms with Crippen LogP contribution < -0.4 is 14.4 Å². The van der Waals surface area contributed by atoms with Crippen molar-refractivity contribution in [3.63, 3.8) is 0 Å². The lowest BCUT2D eigenvalue weighted by Crippen LogP contribution is -2.21. The summed E-state index contributed by atoms with van der Waals surface area (Å²) in [5.41, 5.74) is -0.204. The molecule has 0 aliphatic carbocycles. The number of hydrogen-bond acceptors (Lipinski definition) is 5. The normalized spacial score (nSPS) is 11.4. The molecule has 0 N–H and O–H groups in total. The minimum absolute atomic E-state index is 0.160. The SMILES string of the molecule is CCCCCOc1nc(N(CC)c2ccc(OCCC)cc2)ncc1C(F)(F)F. The van der Waals surface area contributed by atoms with Gasteiger partial charge in [0, 0.05) is 18.4 Å². The lowest BCUT2D eigenvalue weighted by molar-refractivity contribution is -0.139. The molecule has 0 spiro atoms. The third-order valence-corrected chi connectivity index (χ3v) is 4.21. The summed E-state index contributed by atoms with van der Waals surface area (Å²) in [5.74, 6) is 0.466. The minimum Gasteiger partial charge on any atom is -0.494 e. The van der Waals surface area contributed by atoms with Gasteiger partial charge in [0.25, 0.3) is 0 Å². The number of anilines is 2. The number of unbranched alkanes of at least 4 members (excludes halogenated alkanes) is 2. The Balaban J connectivity index is 2.27. The number of rotatable bonds is 11. The molecule has 5 nitrogen and oxygen atoms in total. The predicted molar refractivity (Wildman–Crippen MR) is 107 cm³/mol. The second kappa shape index (κ2) is 10.9. The fourth-order valence-corrected chi connectivity index (χ4v) is 2.69. The van der Waals surface area contributed by atoms with Crippen LogP contribution in [0.3, 0.4) is 0 Å². The Labute approximate surface area is 169 Å². The van der Waals surface area contributed by atoms with Crippen LogP contribution in [0.15, 0.2) is 30.5 Å². The molecule has 0 aliphatic heterocycles. The van der Waals surface area contributed by atoms with Crippen molar-refractivity contribution >= 4 is 11.6 Å². The van der Waals surface area contributed by atoms with Crippen LogP contribution in [0.2, 0.25) is 0 Å². The molecular formula is C21H28F3N3O2. The minimum atomic E-state index is -4.58. The number of hydrogen-bond donors (Lipinski definition) is 0. The Morgan fingerprint density at radius 1 is 0.931 bits per heavy atom. The molecule has 0 saturated carbocycles. The third-order valence-electron chi connectivity index (χ3n) is 4.21. The van der Waals surface area contributed by atoms with Gasteiger partial charge in [-0.15, -0.1) is 0 Å². The van der Waals surface area contributed by atoms with E-state index in [4.69, 9.17) is 9.47 Å². The van der Waals surface area contributed by atoms with Gasteiger partial charge in [-0.25, -0.2) is 4.98 Å². The zero-order valence-corrected chi connectivity index (χ0v) is 17.1. The molecule has 1 aromatic carbocycles. The Kier molecular flexibility index (Phi) is 8.54. The van der Waals surface area contributed by atoms with Crippen LogP contribution in [-0.2, 0) is 6.18 Å². The Morgan fingerprint density at radius 3 is 2.24 bits per heavy atom. The lowest BCUT2D eigenvalue weighted by Gasteiger charge is -2.22. The highest BCUT2D eigenvalue weighted by Gasteiger charge is 2.36. The van der Waals surface area contributed by atoms with E-state index in [0.29, 0.717) is 19.6 Å². The van der Waals surface area contributed by atoms with Crippen LogP contribution in [0.1, 0.15) is 52.0 Å². The van der Waals surface area contributed by atoms with Gasteiger partial charge in [0.05, 0.1) is 13.2 Å². The van der Waals surface area contributed by atoms with Gasteiger partial charge in [-0.1, -0.05) is 26.7 Å². The average Bonchev–Trinajstić information content (AvgIpc) is 2.70. The first-order chi connectivity index (χ1) is 13.9. The van der Waals surface area contributed by atoms with Crippen LogP contribution in [0.4, 0.5) is 24.8 Å². The summed E-state index contributed by atoms with van der Waals surface area (Å²) < 4.78 is 50.9. The molecule has 0 atom stereocenters. The van der Waals surface area contributed by atoms with E-state index in [1.54, 1.807) is 4.90 Å². The van der Waals surface area contributed by atoms with E-state index in [1.165, 1.54) is 0 Å². The van der Waals surface area contributed by atoms with Gasteiger partial charge in [0.15, 0.2) is 0 Å². The third kappa shape index (κ3) is 6.51. The van der Waals surface area contributed by atoms with Crippen molar-refractivity contribution in [2.45, 2.75) is 52.6 Å². The predicted octanol–water partition coefficient (Wildman–Crippen LogP) is 6.01. The second-order valence-electron chi connectivity index (χ2n) is 6.53. The summed E-state index contributed by atoms with van der Waals surface area (Å²) in [7, 11) is 0. The molecule has 2 aromatic rings. The standard InChI is InChI=1S/C21H28F3N3O2/c1-4-7-8-14-29-19-18(21(22,23)24)15-25-20(26-19)27(6-3)16-9-11-17(12-10-16)28-13-5-2/h9-12,15H,4-8,13-14H2,1-3H3. The summed E-state index contributed by atoms with van der Waals surface area (Å²) in [5, 5.41) is 0. The number of alkyl halides is 3. The van der Waals surface area contributed by atoms with Crippen LogP contribution >= 0.6 is 0 Å². The number of ether oxygens (including phenoxy) is 2. The zero-order chi connectivity index (χ0) is 21.3. The molecule has 0 bridgehead atoms. The molecule has 0 fully saturated rings. The average molecular weight is 411 g/mol. The molecule has 8 heteroatoms. The lowest BCUT2D eigenvalue weighted by atomic mass is 10.2. The maximum atomic E-state index is 13.3. The van der Waals surface area contributed by atoms with Gasteiger partial charge in [0.2, 0.25) is 11.8 Å². The highest BCUT2D eigenvalue weighted by molar-refractivity contribution is 5.58. The molecule has 160 valence electrons. The van der Waals surface area contributed by atoms with Gasteiger partial charge in [-0.05, 0) is 44.0 Å². The molecule has 0 amide bonds. The van der Waals surface area contributed by atoms with E-state index < -0.39 is 17.6 Å². The zero-order valence-electron chi connectivity index (χ0n) is 17.1. The van der Waals surface area contributed by atoms with E-state index in [0.717, 1.165) is 36.9 Å². The van der Waals surface area contributed by atoms with Crippen molar-refractivity contribution in [2.75, 3.05) is 24.7 Å². The molecule has 29 heavy (non-hydrogen) atoms. The van der Waals surface area contributed by atoms with E-state index >= 15 is 0 Å². The Morgan fingerprint density at radius 2 is 1.66 bits per heavy atom. The molecule has 2 rings (SSSR count). The fourth-order valence-electron chi connectivity index (χ4n) is 2.69. The van der Waals surface area contributed by atoms with Crippen molar-refractivity contribution in [3.8, 4) is 11.6 Å². The summed E-state index contributed by atoms with van der Waals surface area (Å²) in [6, 6.07) is 7.30. The molecular weight excluding hydrogens is 383 g/mol. The van der Waals surface area contributed by atoms with Gasteiger partial charge >= 0.3 is 6.18 Å². The summed E-state index contributed by atoms with van der Waals surface area (Å²) >= 11 is 0. The van der Waals surface area contributed by atoms with E-state index in [-0.39, 0.29) is 12.6 Å². The highest BCUT2D eigenvalue weighted by Crippen LogP contribution is 2.36. The molecule has 0 unspecified atom stereocenters. The highest BCUT2D eigenvalue weighted by atomic mass is 19.4. The van der Waals surface area contributed by atoms with Crippen molar-refractivity contribution in [3.05, 3.63) is 36.0 Å². The maximum Gasteiger partial charge on any atom is 0.423 e. The fraction of sp³-hybridized carbons (Fsp3) is 0.524. The maximum absolute atomic E-state index is 13.3. The van der Waals surface area contributed by atoms with Crippen molar-refractivity contribution < 1.29 is 22.6 Å².